The molecule has 8 heteroatoms. The lowest BCUT2D eigenvalue weighted by Gasteiger charge is -2.23. The summed E-state index contributed by atoms with van der Waals surface area (Å²) in [5.41, 5.74) is 8.09. The predicted molar refractivity (Wildman–Crippen MR) is 109 cm³/mol. The third-order valence-corrected chi connectivity index (χ3v) is 5.28. The lowest BCUT2D eigenvalue weighted by molar-refractivity contribution is 0.0774. The van der Waals surface area contributed by atoms with E-state index in [1.807, 2.05) is 43.1 Å². The molecule has 1 atom stereocenters. The minimum Gasteiger partial charge on any atom is -0.443 e. The molecule has 29 heavy (non-hydrogen) atoms. The number of carbonyl (C=O) groups is 1. The van der Waals surface area contributed by atoms with Crippen molar-refractivity contribution < 1.29 is 9.21 Å². The first kappa shape index (κ1) is 19.1. The van der Waals surface area contributed by atoms with E-state index in [1.54, 1.807) is 12.3 Å². The number of likely N-dealkylation sites (tertiary alicyclic amines) is 1. The molecule has 3 heterocycles. The Balaban J connectivity index is 1.44. The summed E-state index contributed by atoms with van der Waals surface area (Å²) < 4.78 is 5.54. The van der Waals surface area contributed by atoms with Gasteiger partial charge in [0, 0.05) is 30.9 Å². The number of nitrogen functional groups attached to an aromatic ring is 1. The van der Waals surface area contributed by atoms with Crippen LogP contribution in [-0.2, 0) is 6.54 Å². The van der Waals surface area contributed by atoms with Gasteiger partial charge in [-0.3, -0.25) is 9.69 Å². The Morgan fingerprint density at radius 3 is 2.83 bits per heavy atom. The summed E-state index contributed by atoms with van der Waals surface area (Å²) in [6, 6.07) is 9.76. The van der Waals surface area contributed by atoms with Gasteiger partial charge in [-0.15, -0.1) is 0 Å². The molecule has 0 aliphatic carbocycles. The number of oxazole rings is 1. The highest BCUT2D eigenvalue weighted by Gasteiger charge is 2.32. The van der Waals surface area contributed by atoms with Crippen molar-refractivity contribution >= 4 is 11.7 Å². The van der Waals surface area contributed by atoms with Crippen LogP contribution in [0.1, 0.15) is 28.3 Å². The average molecular weight is 392 g/mol. The Labute approximate surface area is 169 Å². The number of hydrogen-bond donors (Lipinski definition) is 1. The van der Waals surface area contributed by atoms with Gasteiger partial charge < -0.3 is 15.1 Å². The molecule has 1 fully saturated rings. The fraction of sp³-hybridized carbons (Fsp3) is 0.333. The van der Waals surface area contributed by atoms with Gasteiger partial charge in [-0.25, -0.2) is 15.0 Å². The molecule has 1 amide bonds. The maximum atomic E-state index is 13.1. The van der Waals surface area contributed by atoms with E-state index in [9.17, 15) is 4.79 Å². The second-order valence-electron chi connectivity index (χ2n) is 7.40. The Bertz CT molecular complexity index is 1000. The van der Waals surface area contributed by atoms with Crippen LogP contribution < -0.4 is 5.73 Å². The maximum Gasteiger partial charge on any atom is 0.276 e. The van der Waals surface area contributed by atoms with E-state index in [4.69, 9.17) is 10.2 Å². The van der Waals surface area contributed by atoms with E-state index in [0.29, 0.717) is 42.7 Å². The zero-order valence-corrected chi connectivity index (χ0v) is 16.6. The van der Waals surface area contributed by atoms with Crippen molar-refractivity contribution in [3.63, 3.8) is 0 Å². The number of aromatic nitrogens is 3. The van der Waals surface area contributed by atoms with Crippen molar-refractivity contribution in [3.8, 4) is 11.3 Å². The molecule has 2 aromatic heterocycles. The van der Waals surface area contributed by atoms with Crippen molar-refractivity contribution in [1.82, 2.24) is 24.8 Å². The smallest absolute Gasteiger partial charge is 0.276 e. The van der Waals surface area contributed by atoms with E-state index in [2.05, 4.69) is 19.9 Å². The first-order valence-corrected chi connectivity index (χ1v) is 9.58. The number of aryl methyl sites for hydroxylation is 1. The minimum atomic E-state index is -0.106. The van der Waals surface area contributed by atoms with Crippen LogP contribution in [0, 0.1) is 6.92 Å². The molecule has 8 nitrogen and oxygen atoms in total. The largest absolute Gasteiger partial charge is 0.443 e. The van der Waals surface area contributed by atoms with Gasteiger partial charge in [0.1, 0.15) is 11.6 Å². The average Bonchev–Trinajstić information content (AvgIpc) is 3.38. The molecule has 0 spiro atoms. The quantitative estimate of drug-likeness (QED) is 0.711. The van der Waals surface area contributed by atoms with Crippen LogP contribution in [0.15, 0.2) is 47.3 Å². The maximum absolute atomic E-state index is 13.1. The zero-order chi connectivity index (χ0) is 20.4. The van der Waals surface area contributed by atoms with Gasteiger partial charge in [-0.05, 0) is 26.5 Å². The zero-order valence-electron chi connectivity index (χ0n) is 16.6. The Morgan fingerprint density at radius 1 is 1.28 bits per heavy atom. The molecule has 0 bridgehead atoms. The Hall–Kier alpha value is -3.26. The second-order valence-corrected chi connectivity index (χ2v) is 7.40. The fourth-order valence-corrected chi connectivity index (χ4v) is 3.59. The predicted octanol–water partition coefficient (Wildman–Crippen LogP) is 2.37. The third kappa shape index (κ3) is 4.12. The molecule has 0 saturated carbocycles. The third-order valence-electron chi connectivity index (χ3n) is 5.28. The number of amides is 1. The van der Waals surface area contributed by atoms with Crippen LogP contribution in [0.4, 0.5) is 5.82 Å². The number of nitrogens with zero attached hydrogens (tertiary/aromatic N) is 5. The van der Waals surface area contributed by atoms with Gasteiger partial charge >= 0.3 is 0 Å². The van der Waals surface area contributed by atoms with Crippen molar-refractivity contribution in [2.45, 2.75) is 25.9 Å². The normalized spacial score (nSPS) is 16.5. The summed E-state index contributed by atoms with van der Waals surface area (Å²) in [7, 11) is 2.01. The van der Waals surface area contributed by atoms with Crippen LogP contribution in [0.2, 0.25) is 0 Å². The summed E-state index contributed by atoms with van der Waals surface area (Å²) in [6.45, 7) is 3.89. The van der Waals surface area contributed by atoms with Crippen molar-refractivity contribution in [2.24, 2.45) is 0 Å². The summed E-state index contributed by atoms with van der Waals surface area (Å²) in [6.07, 6.45) is 3.87. The standard InChI is InChI=1S/C21H24N6O2/c1-14-3-5-15(6-4-14)20-19(24-13-29-20)21(28)27-10-8-16(11-27)26(2)12-18-23-9-7-17(22)25-18/h3-7,9,13,16H,8,10-12H2,1-2H3,(H2,22,23,25)/t16-/m1/s1. The van der Waals surface area contributed by atoms with Gasteiger partial charge in [-0.2, -0.15) is 0 Å². The van der Waals surface area contributed by atoms with Crippen LogP contribution >= 0.6 is 0 Å². The summed E-state index contributed by atoms with van der Waals surface area (Å²) in [5.74, 6) is 1.54. The lowest BCUT2D eigenvalue weighted by atomic mass is 10.1. The molecule has 0 unspecified atom stereocenters. The molecule has 150 valence electrons. The van der Waals surface area contributed by atoms with Gasteiger partial charge in [0.2, 0.25) is 0 Å². The van der Waals surface area contributed by atoms with Crippen molar-refractivity contribution in [1.29, 1.82) is 0 Å². The number of carbonyl (C=O) groups excluding carboxylic acids is 1. The Kier molecular flexibility index (Phi) is 5.26. The van der Waals surface area contributed by atoms with Crippen LogP contribution in [0.5, 0.6) is 0 Å². The lowest BCUT2D eigenvalue weighted by Crippen LogP contribution is -2.36. The minimum absolute atomic E-state index is 0.106. The number of likely N-dealkylation sites (N-methyl/N-ethyl adjacent to an activating group) is 1. The topological polar surface area (TPSA) is 101 Å². The second kappa shape index (κ2) is 8.00. The molecule has 4 rings (SSSR count). The Morgan fingerprint density at radius 2 is 2.07 bits per heavy atom. The van der Waals surface area contributed by atoms with Crippen LogP contribution in [0.3, 0.4) is 0 Å². The fourth-order valence-electron chi connectivity index (χ4n) is 3.59. The molecular formula is C21H24N6O2. The number of benzene rings is 1. The van der Waals surface area contributed by atoms with E-state index in [0.717, 1.165) is 17.5 Å². The summed E-state index contributed by atoms with van der Waals surface area (Å²) in [4.78, 5) is 29.8. The van der Waals surface area contributed by atoms with Crippen LogP contribution in [-0.4, -0.2) is 56.8 Å². The number of hydrogen-bond acceptors (Lipinski definition) is 7. The SMILES string of the molecule is Cc1ccc(-c2ocnc2C(=O)N2CC[C@@H](N(C)Cc3nccc(N)n3)C2)cc1. The molecule has 1 aliphatic heterocycles. The van der Waals surface area contributed by atoms with E-state index in [1.165, 1.54) is 6.39 Å². The first-order chi connectivity index (χ1) is 14.0. The molecular weight excluding hydrogens is 368 g/mol. The molecule has 1 aliphatic rings. The number of anilines is 1. The highest BCUT2D eigenvalue weighted by Crippen LogP contribution is 2.26. The van der Waals surface area contributed by atoms with Gasteiger partial charge in [-0.1, -0.05) is 29.8 Å². The number of rotatable bonds is 5. The monoisotopic (exact) mass is 392 g/mol. The van der Waals surface area contributed by atoms with Crippen molar-refractivity contribution in [3.05, 3.63) is 60.0 Å². The summed E-state index contributed by atoms with van der Waals surface area (Å²) in [5, 5.41) is 0. The first-order valence-electron chi connectivity index (χ1n) is 9.58. The number of nitrogens with two attached hydrogens (primary N) is 1. The van der Waals surface area contributed by atoms with E-state index < -0.39 is 0 Å². The van der Waals surface area contributed by atoms with Gasteiger partial charge in [0.25, 0.3) is 5.91 Å². The highest BCUT2D eigenvalue weighted by atomic mass is 16.3. The van der Waals surface area contributed by atoms with E-state index in [-0.39, 0.29) is 11.9 Å². The molecule has 0 radical (unpaired) electrons. The molecule has 1 saturated heterocycles. The van der Waals surface area contributed by atoms with Crippen molar-refractivity contribution in [2.75, 3.05) is 25.9 Å². The van der Waals surface area contributed by atoms with Crippen LogP contribution in [0.25, 0.3) is 11.3 Å². The molecule has 2 N–H and O–H groups in total. The van der Waals surface area contributed by atoms with Gasteiger partial charge in [0.15, 0.2) is 17.8 Å². The van der Waals surface area contributed by atoms with Gasteiger partial charge in [0.05, 0.1) is 6.54 Å². The van der Waals surface area contributed by atoms with E-state index >= 15 is 0 Å². The summed E-state index contributed by atoms with van der Waals surface area (Å²) >= 11 is 0. The molecule has 3 aromatic rings. The molecule has 1 aromatic carbocycles. The highest BCUT2D eigenvalue weighted by molar-refractivity contribution is 5.97.